The maximum absolute atomic E-state index is 12.1. The molecule has 6 heteroatoms. The van der Waals surface area contributed by atoms with E-state index in [2.05, 4.69) is 22.6 Å². The van der Waals surface area contributed by atoms with Gasteiger partial charge in [-0.15, -0.1) is 0 Å². The highest BCUT2D eigenvalue weighted by Crippen LogP contribution is 2.37. The van der Waals surface area contributed by atoms with Crippen molar-refractivity contribution in [3.05, 3.63) is 33.4 Å². The van der Waals surface area contributed by atoms with E-state index in [4.69, 9.17) is 9.47 Å². The van der Waals surface area contributed by atoms with Crippen molar-refractivity contribution < 1.29 is 19.1 Å². The molecule has 0 spiro atoms. The van der Waals surface area contributed by atoms with Crippen molar-refractivity contribution in [2.24, 2.45) is 0 Å². The minimum Gasteiger partial charge on any atom is -0.486 e. The lowest BCUT2D eigenvalue weighted by Crippen LogP contribution is -2.25. The fourth-order valence-electron chi connectivity index (χ4n) is 2.29. The summed E-state index contributed by atoms with van der Waals surface area (Å²) in [7, 11) is 1.34. The summed E-state index contributed by atoms with van der Waals surface area (Å²) in [5.74, 6) is 0.251. The van der Waals surface area contributed by atoms with Crippen LogP contribution in [0.15, 0.2) is 24.3 Å². The number of hydrogen-bond acceptors (Lipinski definition) is 4. The Morgan fingerprint density at radius 2 is 2.23 bits per heavy atom. The van der Waals surface area contributed by atoms with Gasteiger partial charge in [0.1, 0.15) is 6.61 Å². The van der Waals surface area contributed by atoms with Crippen molar-refractivity contribution in [3.63, 3.8) is 0 Å². The number of carbonyl (C=O) groups is 2. The maximum Gasteiger partial charge on any atom is 0.337 e. The lowest BCUT2D eigenvalue weighted by Gasteiger charge is -2.21. The molecule has 0 bridgehead atoms. The molecule has 1 heterocycles. The Kier molecular flexibility index (Phi) is 5.82. The number of hydrogen-bond donors (Lipinski definition) is 0. The number of anilines is 1. The molecule has 1 aromatic carbocycles. The van der Waals surface area contributed by atoms with Crippen molar-refractivity contribution in [1.82, 2.24) is 0 Å². The Bertz CT molecular complexity index is 612. The topological polar surface area (TPSA) is 55.8 Å². The second-order valence-corrected chi connectivity index (χ2v) is 5.99. The van der Waals surface area contributed by atoms with E-state index < -0.39 is 5.97 Å². The molecule has 118 valence electrons. The third-order valence-corrected chi connectivity index (χ3v) is 4.17. The van der Waals surface area contributed by atoms with Crippen molar-refractivity contribution >= 4 is 40.2 Å². The van der Waals surface area contributed by atoms with Crippen LogP contribution in [0.1, 0.15) is 30.1 Å². The number of carbonyl (C=O) groups excluding carboxylic acids is 2. The predicted molar refractivity (Wildman–Crippen MR) is 92.4 cm³/mol. The zero-order chi connectivity index (χ0) is 16.1. The molecule has 1 aliphatic rings. The van der Waals surface area contributed by atoms with Gasteiger partial charge in [0, 0.05) is 13.0 Å². The molecule has 22 heavy (non-hydrogen) atoms. The number of allylic oxidation sites excluding steroid dienone is 1. The first-order valence-corrected chi connectivity index (χ1v) is 8.12. The molecule has 0 aromatic heterocycles. The zero-order valence-corrected chi connectivity index (χ0v) is 14.8. The highest BCUT2D eigenvalue weighted by molar-refractivity contribution is 14.1. The molecule has 0 N–H and O–H groups in total. The molecule has 0 aliphatic carbocycles. The van der Waals surface area contributed by atoms with Crippen LogP contribution in [0.4, 0.5) is 5.69 Å². The molecule has 0 saturated carbocycles. The summed E-state index contributed by atoms with van der Waals surface area (Å²) >= 11 is 2.11. The van der Waals surface area contributed by atoms with E-state index in [1.165, 1.54) is 7.11 Å². The van der Waals surface area contributed by atoms with E-state index in [1.54, 1.807) is 17.0 Å². The molecule has 0 radical (unpaired) electrons. The van der Waals surface area contributed by atoms with Gasteiger partial charge in [0.05, 0.1) is 21.9 Å². The molecule has 1 fully saturated rings. The van der Waals surface area contributed by atoms with E-state index in [1.807, 2.05) is 19.1 Å². The van der Waals surface area contributed by atoms with Gasteiger partial charge < -0.3 is 14.4 Å². The molecule has 1 saturated heterocycles. The summed E-state index contributed by atoms with van der Waals surface area (Å²) in [5, 5.41) is 0. The van der Waals surface area contributed by atoms with Crippen LogP contribution in [-0.2, 0) is 9.53 Å². The van der Waals surface area contributed by atoms with Gasteiger partial charge >= 0.3 is 5.97 Å². The Labute approximate surface area is 143 Å². The smallest absolute Gasteiger partial charge is 0.337 e. The van der Waals surface area contributed by atoms with Gasteiger partial charge in [-0.25, -0.2) is 4.79 Å². The van der Waals surface area contributed by atoms with E-state index in [0.717, 1.165) is 9.99 Å². The maximum atomic E-state index is 12.1. The number of methoxy groups -OCH3 is 1. The number of halogens is 1. The molecule has 0 unspecified atom stereocenters. The quantitative estimate of drug-likeness (QED) is 0.421. The molecular formula is C16H18INO4. The number of ether oxygens (including phenoxy) is 2. The summed E-state index contributed by atoms with van der Waals surface area (Å²) in [6.07, 6.45) is 5.12. The first-order chi connectivity index (χ1) is 10.6. The molecule has 2 rings (SSSR count). The van der Waals surface area contributed by atoms with Crippen LogP contribution in [0.3, 0.4) is 0 Å². The van der Waals surface area contributed by atoms with Gasteiger partial charge in [-0.1, -0.05) is 12.2 Å². The Morgan fingerprint density at radius 3 is 2.82 bits per heavy atom. The van der Waals surface area contributed by atoms with Crippen LogP contribution in [0.5, 0.6) is 5.75 Å². The highest BCUT2D eigenvalue weighted by Gasteiger charge is 2.27. The van der Waals surface area contributed by atoms with Crippen molar-refractivity contribution in [2.45, 2.75) is 19.8 Å². The first kappa shape index (κ1) is 16.8. The predicted octanol–water partition coefficient (Wildman–Crippen LogP) is 3.16. The molecule has 1 aliphatic heterocycles. The SMILES string of the molecule is C/C=C\COc1c(I)cc(C(=O)OC)cc1N1CCCC1=O. The van der Waals surface area contributed by atoms with Crippen LogP contribution < -0.4 is 9.64 Å². The number of rotatable bonds is 5. The summed E-state index contributed by atoms with van der Waals surface area (Å²) in [4.78, 5) is 25.5. The zero-order valence-electron chi connectivity index (χ0n) is 12.6. The fraction of sp³-hybridized carbons (Fsp3) is 0.375. The van der Waals surface area contributed by atoms with Crippen LogP contribution in [-0.4, -0.2) is 32.1 Å². The lowest BCUT2D eigenvalue weighted by atomic mass is 10.1. The fourth-order valence-corrected chi connectivity index (χ4v) is 3.06. The summed E-state index contributed by atoms with van der Waals surface area (Å²) in [6, 6.07) is 3.38. The minimum absolute atomic E-state index is 0.0497. The average Bonchev–Trinajstić information content (AvgIpc) is 2.93. The summed E-state index contributed by atoms with van der Waals surface area (Å²) < 4.78 is 11.4. The van der Waals surface area contributed by atoms with Gasteiger partial charge in [-0.05, 0) is 48.1 Å². The molecule has 1 amide bonds. The second kappa shape index (κ2) is 7.62. The van der Waals surface area contributed by atoms with Crippen molar-refractivity contribution in [1.29, 1.82) is 0 Å². The van der Waals surface area contributed by atoms with Gasteiger partial charge in [0.2, 0.25) is 5.91 Å². The van der Waals surface area contributed by atoms with Gasteiger partial charge in [-0.3, -0.25) is 4.79 Å². The van der Waals surface area contributed by atoms with E-state index in [9.17, 15) is 9.59 Å². The van der Waals surface area contributed by atoms with Crippen LogP contribution in [0, 0.1) is 3.57 Å². The standard InChI is InChI=1S/C16H18INO4/c1-3-4-8-22-15-12(17)9-11(16(20)21-2)10-13(15)18-7-5-6-14(18)19/h3-4,9-10H,5-8H2,1-2H3/b4-3-. The normalized spacial score (nSPS) is 14.7. The summed E-state index contributed by atoms with van der Waals surface area (Å²) in [5.41, 5.74) is 1.05. The number of esters is 1. The largest absolute Gasteiger partial charge is 0.486 e. The van der Waals surface area contributed by atoms with Crippen molar-refractivity contribution in [3.8, 4) is 5.75 Å². The van der Waals surface area contributed by atoms with Crippen LogP contribution in [0.2, 0.25) is 0 Å². The average molecular weight is 415 g/mol. The van der Waals surface area contributed by atoms with Gasteiger partial charge in [-0.2, -0.15) is 0 Å². The number of amides is 1. The summed E-state index contributed by atoms with van der Waals surface area (Å²) in [6.45, 7) is 2.97. The first-order valence-electron chi connectivity index (χ1n) is 7.04. The Balaban J connectivity index is 2.45. The van der Waals surface area contributed by atoms with E-state index >= 15 is 0 Å². The lowest BCUT2D eigenvalue weighted by molar-refractivity contribution is -0.117. The van der Waals surface area contributed by atoms with Crippen molar-refractivity contribution in [2.75, 3.05) is 25.2 Å². The Hall–Kier alpha value is -1.57. The van der Waals surface area contributed by atoms with Crippen LogP contribution >= 0.6 is 22.6 Å². The number of benzene rings is 1. The number of nitrogens with zero attached hydrogens (tertiary/aromatic N) is 1. The molecule has 5 nitrogen and oxygen atoms in total. The Morgan fingerprint density at radius 1 is 1.45 bits per heavy atom. The monoisotopic (exact) mass is 415 g/mol. The van der Waals surface area contributed by atoms with Gasteiger partial charge in [0.15, 0.2) is 5.75 Å². The third-order valence-electron chi connectivity index (χ3n) is 3.37. The van der Waals surface area contributed by atoms with Crippen LogP contribution in [0.25, 0.3) is 0 Å². The third kappa shape index (κ3) is 3.60. The van der Waals surface area contributed by atoms with Gasteiger partial charge in [0.25, 0.3) is 0 Å². The molecular weight excluding hydrogens is 397 g/mol. The van der Waals surface area contributed by atoms with E-state index in [-0.39, 0.29) is 5.91 Å². The minimum atomic E-state index is -0.425. The second-order valence-electron chi connectivity index (χ2n) is 4.83. The molecule has 0 atom stereocenters. The molecule has 1 aromatic rings. The van der Waals surface area contributed by atoms with E-state index in [0.29, 0.717) is 36.6 Å². The highest BCUT2D eigenvalue weighted by atomic mass is 127.